The summed E-state index contributed by atoms with van der Waals surface area (Å²) >= 11 is 4.32. The maximum absolute atomic E-state index is 12.5. The van der Waals surface area contributed by atoms with Crippen LogP contribution < -0.4 is 15.4 Å². The number of nitrogens with one attached hydrogen (secondary N) is 2. The first kappa shape index (κ1) is 20.9. The first-order valence-corrected chi connectivity index (χ1v) is 10.3. The van der Waals surface area contributed by atoms with Crippen molar-refractivity contribution in [2.24, 2.45) is 0 Å². The minimum absolute atomic E-state index is 0.0460. The number of halogens is 2. The van der Waals surface area contributed by atoms with E-state index >= 15 is 0 Å². The summed E-state index contributed by atoms with van der Waals surface area (Å²) in [6.07, 6.45) is 2.28. The molecule has 0 aliphatic heterocycles. The highest BCUT2D eigenvalue weighted by molar-refractivity contribution is 14.1. The second-order valence-corrected chi connectivity index (χ2v) is 8.05. The van der Waals surface area contributed by atoms with E-state index in [4.69, 9.17) is 4.74 Å². The highest BCUT2D eigenvalue weighted by Crippen LogP contribution is 2.29. The number of rotatable bonds is 7. The Hall–Kier alpha value is -1.36. The maximum Gasteiger partial charge on any atom is 0.256 e. The summed E-state index contributed by atoms with van der Waals surface area (Å²) in [6, 6.07) is 10.9. The Labute approximate surface area is 180 Å². The van der Waals surface area contributed by atoms with Gasteiger partial charge in [0.2, 0.25) is 5.91 Å². The molecule has 0 atom stereocenters. The third-order valence-electron chi connectivity index (χ3n) is 3.66. The lowest BCUT2D eigenvalue weighted by Crippen LogP contribution is -2.15. The fraction of sp³-hybridized carbons (Fsp3) is 0.263. The van der Waals surface area contributed by atoms with E-state index in [0.29, 0.717) is 29.1 Å². The van der Waals surface area contributed by atoms with Crippen LogP contribution in [0.2, 0.25) is 0 Å². The summed E-state index contributed by atoms with van der Waals surface area (Å²) in [5.41, 5.74) is 1.82. The van der Waals surface area contributed by atoms with E-state index in [0.717, 1.165) is 20.0 Å². The van der Waals surface area contributed by atoms with E-state index in [1.807, 2.05) is 25.1 Å². The van der Waals surface area contributed by atoms with Gasteiger partial charge in [0.15, 0.2) is 0 Å². The van der Waals surface area contributed by atoms with Crippen LogP contribution in [0.1, 0.15) is 36.5 Å². The van der Waals surface area contributed by atoms with Crippen LogP contribution in [0, 0.1) is 7.14 Å². The Balaban J connectivity index is 2.14. The average molecular weight is 578 g/mol. The monoisotopic (exact) mass is 578 g/mol. The van der Waals surface area contributed by atoms with E-state index < -0.39 is 0 Å². The molecule has 0 heterocycles. The highest BCUT2D eigenvalue weighted by Gasteiger charge is 2.13. The van der Waals surface area contributed by atoms with Crippen molar-refractivity contribution < 1.29 is 14.3 Å². The number of methoxy groups -OCH3 is 1. The van der Waals surface area contributed by atoms with Gasteiger partial charge < -0.3 is 15.4 Å². The normalized spacial score (nSPS) is 10.3. The molecular weight excluding hydrogens is 558 g/mol. The van der Waals surface area contributed by atoms with Gasteiger partial charge in [-0.2, -0.15) is 0 Å². The fourth-order valence-electron chi connectivity index (χ4n) is 2.29. The van der Waals surface area contributed by atoms with Crippen LogP contribution in [0.4, 0.5) is 11.4 Å². The highest BCUT2D eigenvalue weighted by atomic mass is 127. The van der Waals surface area contributed by atoms with Crippen molar-refractivity contribution in [1.29, 1.82) is 0 Å². The van der Waals surface area contributed by atoms with Crippen LogP contribution in [0.3, 0.4) is 0 Å². The minimum Gasteiger partial charge on any atom is -0.494 e. The van der Waals surface area contributed by atoms with Crippen LogP contribution >= 0.6 is 45.2 Å². The lowest BCUT2D eigenvalue weighted by molar-refractivity contribution is -0.116. The standard InChI is InChI=1S/C19H20I2N2O3/c1-3-4-5-18(24)23-16-9-7-13(11-17(16)26-2)22-19(25)14-10-12(20)6-8-15(14)21/h6-11H,3-5H2,1-2H3,(H,22,25)(H,23,24). The Morgan fingerprint density at radius 3 is 2.54 bits per heavy atom. The second-order valence-electron chi connectivity index (χ2n) is 5.65. The van der Waals surface area contributed by atoms with Gasteiger partial charge in [-0.3, -0.25) is 9.59 Å². The Kier molecular flexibility index (Phi) is 8.14. The molecule has 0 spiro atoms. The summed E-state index contributed by atoms with van der Waals surface area (Å²) < 4.78 is 7.23. The zero-order valence-corrected chi connectivity index (χ0v) is 18.9. The smallest absolute Gasteiger partial charge is 0.256 e. The number of anilines is 2. The zero-order valence-electron chi connectivity index (χ0n) is 14.6. The molecule has 0 saturated carbocycles. The molecule has 2 aromatic rings. The lowest BCUT2D eigenvalue weighted by Gasteiger charge is -2.13. The zero-order chi connectivity index (χ0) is 19.1. The number of ether oxygens (including phenoxy) is 1. The van der Waals surface area contributed by atoms with Gasteiger partial charge in [-0.25, -0.2) is 0 Å². The van der Waals surface area contributed by atoms with Crippen LogP contribution in [-0.4, -0.2) is 18.9 Å². The van der Waals surface area contributed by atoms with Crippen molar-refractivity contribution >= 4 is 68.4 Å². The largest absolute Gasteiger partial charge is 0.494 e. The van der Waals surface area contributed by atoms with Crippen molar-refractivity contribution in [2.75, 3.05) is 17.7 Å². The molecule has 0 bridgehead atoms. The molecule has 2 rings (SSSR count). The van der Waals surface area contributed by atoms with Gasteiger partial charge in [0.05, 0.1) is 18.4 Å². The van der Waals surface area contributed by atoms with E-state index in [1.165, 1.54) is 7.11 Å². The number of hydrogen-bond acceptors (Lipinski definition) is 3. The molecule has 0 fully saturated rings. The van der Waals surface area contributed by atoms with Gasteiger partial charge >= 0.3 is 0 Å². The predicted molar refractivity (Wildman–Crippen MR) is 121 cm³/mol. The van der Waals surface area contributed by atoms with Crippen LogP contribution in [-0.2, 0) is 4.79 Å². The van der Waals surface area contributed by atoms with Gasteiger partial charge in [0.1, 0.15) is 5.75 Å². The number of hydrogen-bond donors (Lipinski definition) is 2. The summed E-state index contributed by atoms with van der Waals surface area (Å²) in [7, 11) is 1.53. The summed E-state index contributed by atoms with van der Waals surface area (Å²) in [6.45, 7) is 2.04. The van der Waals surface area contributed by atoms with Crippen molar-refractivity contribution in [3.05, 3.63) is 49.1 Å². The molecule has 7 heteroatoms. The molecule has 0 aliphatic rings. The van der Waals surface area contributed by atoms with Gasteiger partial charge in [-0.1, -0.05) is 13.3 Å². The van der Waals surface area contributed by atoms with Crippen LogP contribution in [0.5, 0.6) is 5.75 Å². The molecular formula is C19H20I2N2O3. The minimum atomic E-state index is -0.185. The van der Waals surface area contributed by atoms with E-state index in [1.54, 1.807) is 18.2 Å². The Bertz CT molecular complexity index is 809. The number of amides is 2. The SMILES string of the molecule is CCCCC(=O)Nc1ccc(NC(=O)c2cc(I)ccc2I)cc1OC. The van der Waals surface area contributed by atoms with Crippen LogP contribution in [0.15, 0.2) is 36.4 Å². The molecule has 0 radical (unpaired) electrons. The number of benzene rings is 2. The third-order valence-corrected chi connectivity index (χ3v) is 5.28. The van der Waals surface area contributed by atoms with Crippen molar-refractivity contribution in [1.82, 2.24) is 0 Å². The molecule has 2 N–H and O–H groups in total. The van der Waals surface area contributed by atoms with E-state index in [9.17, 15) is 9.59 Å². The Morgan fingerprint density at radius 2 is 1.85 bits per heavy atom. The molecule has 138 valence electrons. The summed E-state index contributed by atoms with van der Waals surface area (Å²) in [5, 5.41) is 5.72. The van der Waals surface area contributed by atoms with Gasteiger partial charge in [0.25, 0.3) is 5.91 Å². The maximum atomic E-state index is 12.5. The van der Waals surface area contributed by atoms with Crippen molar-refractivity contribution in [2.45, 2.75) is 26.2 Å². The van der Waals surface area contributed by atoms with Crippen molar-refractivity contribution in [3.8, 4) is 5.75 Å². The Morgan fingerprint density at radius 1 is 1.08 bits per heavy atom. The van der Waals surface area contributed by atoms with E-state index in [2.05, 4.69) is 55.8 Å². The summed E-state index contributed by atoms with van der Waals surface area (Å²) in [4.78, 5) is 24.5. The number of unbranched alkanes of at least 4 members (excludes halogenated alkanes) is 1. The first-order valence-electron chi connectivity index (χ1n) is 8.19. The lowest BCUT2D eigenvalue weighted by atomic mass is 10.2. The average Bonchev–Trinajstić information content (AvgIpc) is 2.63. The topological polar surface area (TPSA) is 67.4 Å². The molecule has 5 nitrogen and oxygen atoms in total. The molecule has 2 aromatic carbocycles. The molecule has 26 heavy (non-hydrogen) atoms. The first-order chi connectivity index (χ1) is 12.4. The molecule has 0 unspecified atom stereocenters. The fourth-order valence-corrected chi connectivity index (χ4v) is 3.36. The van der Waals surface area contributed by atoms with Crippen LogP contribution in [0.25, 0.3) is 0 Å². The second kappa shape index (κ2) is 10.1. The van der Waals surface area contributed by atoms with Crippen molar-refractivity contribution in [3.63, 3.8) is 0 Å². The van der Waals surface area contributed by atoms with Gasteiger partial charge in [-0.15, -0.1) is 0 Å². The molecule has 0 aliphatic carbocycles. The molecule has 0 aromatic heterocycles. The third kappa shape index (κ3) is 5.83. The quantitative estimate of drug-likeness (QED) is 0.440. The number of carbonyl (C=O) groups excluding carboxylic acids is 2. The van der Waals surface area contributed by atoms with E-state index in [-0.39, 0.29) is 11.8 Å². The number of carbonyl (C=O) groups is 2. The molecule has 0 saturated heterocycles. The van der Waals surface area contributed by atoms with Gasteiger partial charge in [0, 0.05) is 25.3 Å². The molecule has 2 amide bonds. The predicted octanol–water partition coefficient (Wildman–Crippen LogP) is 5.29. The van der Waals surface area contributed by atoms with Gasteiger partial charge in [-0.05, 0) is 81.9 Å². The summed E-state index contributed by atoms with van der Waals surface area (Å²) in [5.74, 6) is 0.273.